The zero-order valence-corrected chi connectivity index (χ0v) is 25.5. The van der Waals surface area contributed by atoms with Crippen LogP contribution in [0.4, 0.5) is 10.5 Å². The van der Waals surface area contributed by atoms with E-state index in [2.05, 4.69) is 5.32 Å². The Morgan fingerprint density at radius 3 is 2.66 bits per heavy atom. The summed E-state index contributed by atoms with van der Waals surface area (Å²) in [5, 5.41) is 14.4. The topological polar surface area (TPSA) is 119 Å². The van der Waals surface area contributed by atoms with E-state index in [1.54, 1.807) is 19.2 Å². The molecule has 11 heteroatoms. The summed E-state index contributed by atoms with van der Waals surface area (Å²) in [5.41, 5.74) is -0.0894. The van der Waals surface area contributed by atoms with Crippen LogP contribution in [0.25, 0.3) is 0 Å². The van der Waals surface area contributed by atoms with Gasteiger partial charge in [-0.1, -0.05) is 42.3 Å². The number of nitrogens with zero attached hydrogens (tertiary/aromatic N) is 1. The maximum Gasteiger partial charge on any atom is 0.409 e. The Balaban J connectivity index is 1.77. The molecule has 41 heavy (non-hydrogen) atoms. The van der Waals surface area contributed by atoms with Gasteiger partial charge >= 0.3 is 6.09 Å². The van der Waals surface area contributed by atoms with Crippen molar-refractivity contribution in [3.05, 3.63) is 46.5 Å². The second-order valence-corrected chi connectivity index (χ2v) is 11.6. The van der Waals surface area contributed by atoms with Crippen LogP contribution in [0.3, 0.4) is 0 Å². The number of halogens is 1. The lowest BCUT2D eigenvalue weighted by Crippen LogP contribution is -2.63. The number of aliphatic hydroxyl groups is 1. The van der Waals surface area contributed by atoms with E-state index in [0.717, 1.165) is 11.1 Å². The molecule has 3 aliphatic rings. The third-order valence-corrected chi connectivity index (χ3v) is 8.70. The second kappa shape index (κ2) is 12.3. The molecule has 10 nitrogen and oxygen atoms in total. The number of methoxy groups -OCH3 is 2. The van der Waals surface area contributed by atoms with E-state index in [0.29, 0.717) is 29.5 Å². The number of fused-ring (bicyclic) bond motifs is 5. The Hall–Kier alpha value is -2.63. The predicted molar refractivity (Wildman–Crippen MR) is 154 cm³/mol. The number of rotatable bonds is 4. The average Bonchev–Trinajstić information content (AvgIpc) is 3.62. The van der Waals surface area contributed by atoms with Crippen molar-refractivity contribution in [2.24, 2.45) is 5.92 Å². The summed E-state index contributed by atoms with van der Waals surface area (Å²) in [6.07, 6.45) is 2.85. The van der Waals surface area contributed by atoms with Crippen molar-refractivity contribution in [2.45, 2.75) is 82.7 Å². The fraction of sp³-hybridized carbons (Fsp3) is 0.600. The number of allylic oxidation sites excluding steroid dienone is 3. The molecule has 2 fully saturated rings. The largest absolute Gasteiger partial charge is 0.495 e. The number of nitrogens with one attached hydrogen (secondary N) is 1. The van der Waals surface area contributed by atoms with E-state index in [9.17, 15) is 14.7 Å². The van der Waals surface area contributed by atoms with Gasteiger partial charge in [0.1, 0.15) is 28.6 Å². The number of anilines is 1. The molecular weight excluding hydrogens is 552 g/mol. The number of epoxide rings is 1. The number of alkyl carbamates (subject to hydrolysis) is 1. The smallest absolute Gasteiger partial charge is 0.409 e. The quantitative estimate of drug-likeness (QED) is 0.500. The van der Waals surface area contributed by atoms with E-state index >= 15 is 0 Å². The highest BCUT2D eigenvalue weighted by molar-refractivity contribution is 6.35. The molecule has 3 aliphatic heterocycles. The van der Waals surface area contributed by atoms with Crippen LogP contribution in [0.15, 0.2) is 35.9 Å². The molecule has 1 aromatic rings. The maximum absolute atomic E-state index is 13.6. The summed E-state index contributed by atoms with van der Waals surface area (Å²) in [6, 6.07) is 3.73. The minimum Gasteiger partial charge on any atom is -0.495 e. The van der Waals surface area contributed by atoms with Gasteiger partial charge in [0.15, 0.2) is 5.72 Å². The van der Waals surface area contributed by atoms with Crippen molar-refractivity contribution >= 4 is 29.3 Å². The molecule has 0 spiro atoms. The number of carbonyl (C=O) groups is 2. The van der Waals surface area contributed by atoms with Crippen molar-refractivity contribution in [3.63, 3.8) is 0 Å². The number of hydrogen-bond donors (Lipinski definition) is 2. The van der Waals surface area contributed by atoms with E-state index < -0.39 is 35.7 Å². The van der Waals surface area contributed by atoms with Gasteiger partial charge in [-0.3, -0.25) is 10.1 Å². The third-order valence-electron chi connectivity index (χ3n) is 8.32. The van der Waals surface area contributed by atoms with E-state index in [1.807, 2.05) is 45.9 Å². The number of amides is 2. The Morgan fingerprint density at radius 1 is 1.27 bits per heavy atom. The fourth-order valence-electron chi connectivity index (χ4n) is 5.87. The van der Waals surface area contributed by atoms with Crippen LogP contribution >= 0.6 is 11.6 Å². The van der Waals surface area contributed by atoms with Crippen LogP contribution in [0.1, 0.15) is 46.1 Å². The lowest BCUT2D eigenvalue weighted by Gasteiger charge is -2.42. The first kappa shape index (κ1) is 31.3. The lowest BCUT2D eigenvalue weighted by molar-refractivity contribution is -0.142. The van der Waals surface area contributed by atoms with Crippen molar-refractivity contribution in [1.82, 2.24) is 5.32 Å². The minimum absolute atomic E-state index is 0.0392. The Labute approximate surface area is 246 Å². The van der Waals surface area contributed by atoms with Gasteiger partial charge in [0.2, 0.25) is 5.91 Å². The van der Waals surface area contributed by atoms with Crippen LogP contribution < -0.4 is 15.0 Å². The standard InChI is InChI=1S/C30H41ClN2O8/c1-8-39-24-15-25(34)33(5)20-13-19(14-21(37-6)26(20)31)12-17(2)10-9-11-23(38-7)30(36)16-22(40-28(35)32-30)18(3)27-29(24,4)41-27/h9-11,13-14,18,22-24,27,36H,8,12,15-16H2,1-7H3,(H,32,35)/b11-9+,17-10+/t18-,22+,23-,24+,27+,29+,30+/m1/s1. The van der Waals surface area contributed by atoms with Crippen LogP contribution in [-0.2, 0) is 30.2 Å². The molecule has 226 valence electrons. The number of benzene rings is 1. The van der Waals surface area contributed by atoms with Crippen LogP contribution in [0, 0.1) is 5.92 Å². The van der Waals surface area contributed by atoms with Crippen molar-refractivity contribution < 1.29 is 38.4 Å². The molecule has 1 aromatic carbocycles. The van der Waals surface area contributed by atoms with Gasteiger partial charge in [0, 0.05) is 33.1 Å². The van der Waals surface area contributed by atoms with Crippen molar-refractivity contribution in [3.8, 4) is 5.75 Å². The highest BCUT2D eigenvalue weighted by Gasteiger charge is 2.63. The van der Waals surface area contributed by atoms with Gasteiger partial charge in [-0.15, -0.1) is 0 Å². The lowest BCUT2D eigenvalue weighted by atomic mass is 9.83. The first-order valence-electron chi connectivity index (χ1n) is 13.9. The molecule has 0 aliphatic carbocycles. The molecular formula is C30H41ClN2O8. The van der Waals surface area contributed by atoms with E-state index in [4.69, 9.17) is 35.3 Å². The first-order valence-corrected chi connectivity index (χ1v) is 14.2. The van der Waals surface area contributed by atoms with Gasteiger partial charge in [-0.25, -0.2) is 4.79 Å². The molecule has 0 saturated carbocycles. The Bertz CT molecular complexity index is 1220. The summed E-state index contributed by atoms with van der Waals surface area (Å²) < 4.78 is 29.0. The fourth-order valence-corrected chi connectivity index (χ4v) is 6.19. The van der Waals surface area contributed by atoms with Gasteiger partial charge in [0.25, 0.3) is 0 Å². The molecule has 2 saturated heterocycles. The number of hydrogen-bond acceptors (Lipinski definition) is 8. The van der Waals surface area contributed by atoms with Crippen LogP contribution in [-0.4, -0.2) is 80.7 Å². The SMILES string of the molecule is CCO[C@H]1CC(=O)N(C)c2cc(cc(OC)c2Cl)C/C(C)=C/C=C/[C@@H](OC)[C@@]2(O)C[C@H](OC(=O)N2)[C@@H](C)[C@@H]2O[C@@]12C. The normalized spacial score (nSPS) is 36.4. The Morgan fingerprint density at radius 2 is 2.00 bits per heavy atom. The van der Waals surface area contributed by atoms with Crippen molar-refractivity contribution in [1.29, 1.82) is 0 Å². The minimum atomic E-state index is -1.70. The second-order valence-electron chi connectivity index (χ2n) is 11.2. The summed E-state index contributed by atoms with van der Waals surface area (Å²) in [5.74, 6) is -0.0497. The molecule has 2 amide bonds. The summed E-state index contributed by atoms with van der Waals surface area (Å²) >= 11 is 6.67. The monoisotopic (exact) mass is 592 g/mol. The summed E-state index contributed by atoms with van der Waals surface area (Å²) in [7, 11) is 4.69. The molecule has 0 aromatic heterocycles. The van der Waals surface area contributed by atoms with Crippen LogP contribution in [0.2, 0.25) is 5.02 Å². The van der Waals surface area contributed by atoms with Gasteiger partial charge in [-0.05, 0) is 44.9 Å². The molecule has 4 rings (SSSR count). The zero-order chi connectivity index (χ0) is 30.1. The summed E-state index contributed by atoms with van der Waals surface area (Å²) in [4.78, 5) is 27.7. The average molecular weight is 593 g/mol. The highest BCUT2D eigenvalue weighted by Crippen LogP contribution is 2.49. The molecule has 7 atom stereocenters. The highest BCUT2D eigenvalue weighted by atomic mass is 35.5. The molecule has 3 heterocycles. The van der Waals surface area contributed by atoms with E-state index in [-0.39, 0.29) is 30.8 Å². The van der Waals surface area contributed by atoms with Crippen molar-refractivity contribution in [2.75, 3.05) is 32.8 Å². The van der Waals surface area contributed by atoms with Gasteiger partial charge in [0.05, 0.1) is 31.4 Å². The summed E-state index contributed by atoms with van der Waals surface area (Å²) in [6.45, 7) is 8.00. The predicted octanol–water partition coefficient (Wildman–Crippen LogP) is 4.16. The molecule has 2 N–H and O–H groups in total. The first-order chi connectivity index (χ1) is 19.4. The maximum atomic E-state index is 13.6. The van der Waals surface area contributed by atoms with Crippen LogP contribution in [0.5, 0.6) is 5.75 Å². The van der Waals surface area contributed by atoms with E-state index in [1.165, 1.54) is 19.1 Å². The molecule has 0 radical (unpaired) electrons. The Kier molecular flexibility index (Phi) is 9.40. The number of ether oxygens (including phenoxy) is 5. The van der Waals surface area contributed by atoms with Gasteiger partial charge < -0.3 is 33.7 Å². The number of carbonyl (C=O) groups excluding carboxylic acids is 2. The third kappa shape index (κ3) is 6.41. The molecule has 4 bridgehead atoms. The molecule has 0 unspecified atom stereocenters. The zero-order valence-electron chi connectivity index (χ0n) is 24.7. The van der Waals surface area contributed by atoms with Gasteiger partial charge in [-0.2, -0.15) is 0 Å².